The van der Waals surface area contributed by atoms with Crippen LogP contribution in [0.2, 0.25) is 5.02 Å². The molecular weight excluding hydrogens is 884 g/mol. The Hall–Kier alpha value is -0.390. The second kappa shape index (κ2) is 21.6. The molecule has 3 aromatic rings. The summed E-state index contributed by atoms with van der Waals surface area (Å²) in [6.07, 6.45) is -0.801. The summed E-state index contributed by atoms with van der Waals surface area (Å²) in [6, 6.07) is 19.9. The highest BCUT2D eigenvalue weighted by Gasteiger charge is 2.39. The summed E-state index contributed by atoms with van der Waals surface area (Å²) in [5, 5.41) is 8.30. The van der Waals surface area contributed by atoms with Crippen LogP contribution >= 0.6 is 95.9 Å². The predicted molar refractivity (Wildman–Crippen MR) is 207 cm³/mol. The van der Waals surface area contributed by atoms with Crippen LogP contribution in [0.5, 0.6) is 0 Å². The smallest absolute Gasteiger partial charge is 0.337 e. The number of ether oxygens (including phenoxy) is 1. The normalized spacial score (nSPS) is 13.9. The standard InChI is InChI=1S/C14H10BrClO2.C8H3BrN2.C6H9ClF2O2S.H7P5/c1-18-14(17)10-5-6-12(13(16)8-10)9-3-2-4-11(15)7-9;1-11-7-4-2-3-6(5-10)8(7)9;7-12(10,11)5-1-3-6(8,9)4-2-5;1-4-5(2)3/h2-8H,1H3;2-4H;5H,1-4H2;4H,1-3H2. The van der Waals surface area contributed by atoms with E-state index < -0.39 is 26.2 Å². The van der Waals surface area contributed by atoms with Gasteiger partial charge < -0.3 is 4.74 Å². The van der Waals surface area contributed by atoms with Crippen molar-refractivity contribution < 1.29 is 26.7 Å². The second-order valence-corrected chi connectivity index (χ2v) is 28.1. The van der Waals surface area contributed by atoms with Gasteiger partial charge in [-0.25, -0.2) is 26.8 Å². The van der Waals surface area contributed by atoms with Crippen molar-refractivity contribution in [2.75, 3.05) is 7.11 Å². The summed E-state index contributed by atoms with van der Waals surface area (Å²) in [6.45, 7) is 6.97. The van der Waals surface area contributed by atoms with Crippen LogP contribution in [-0.2, 0) is 13.8 Å². The van der Waals surface area contributed by atoms with Gasteiger partial charge in [0.1, 0.15) is 0 Å². The van der Waals surface area contributed by atoms with Crippen molar-refractivity contribution in [3.8, 4) is 17.2 Å². The summed E-state index contributed by atoms with van der Waals surface area (Å²) in [7, 11) is 12.0. The van der Waals surface area contributed by atoms with Crippen molar-refractivity contribution in [3.63, 3.8) is 0 Å². The van der Waals surface area contributed by atoms with Gasteiger partial charge in [-0.2, -0.15) is 5.26 Å². The van der Waals surface area contributed by atoms with E-state index in [9.17, 15) is 22.0 Å². The number of carbonyl (C=O) groups is 1. The number of methoxy groups -OCH3 is 1. The fourth-order valence-corrected chi connectivity index (χ4v) is 6.10. The Labute approximate surface area is 304 Å². The number of alkyl halides is 2. The average Bonchev–Trinajstić information content (AvgIpc) is 3.01. The molecule has 1 saturated carbocycles. The molecule has 4 unspecified atom stereocenters. The van der Waals surface area contributed by atoms with E-state index in [1.807, 2.05) is 36.4 Å². The summed E-state index contributed by atoms with van der Waals surface area (Å²) < 4.78 is 52.7. The monoisotopic (exact) mass is 910 g/mol. The number of nitrogens with zero attached hydrogens (tertiary/aromatic N) is 2. The van der Waals surface area contributed by atoms with E-state index in [2.05, 4.69) is 68.2 Å². The van der Waals surface area contributed by atoms with Gasteiger partial charge in [-0.15, -0.1) is 26.8 Å². The van der Waals surface area contributed by atoms with Crippen molar-refractivity contribution in [1.29, 1.82) is 5.26 Å². The summed E-state index contributed by atoms with van der Waals surface area (Å²) in [4.78, 5) is 14.6. The highest BCUT2D eigenvalue weighted by atomic mass is 79.9. The van der Waals surface area contributed by atoms with E-state index in [1.165, 1.54) is 7.11 Å². The Morgan fingerprint density at radius 1 is 1.15 bits per heavy atom. The quantitative estimate of drug-likeness (QED) is 0.113. The molecule has 0 heterocycles. The molecule has 0 amide bonds. The Kier molecular flexibility index (Phi) is 20.5. The highest BCUT2D eigenvalue weighted by Crippen LogP contribution is 2.71. The molecule has 0 bridgehead atoms. The Balaban J connectivity index is 0.000000332. The zero-order valence-electron chi connectivity index (χ0n) is 24.1. The van der Waals surface area contributed by atoms with Crippen LogP contribution in [0.15, 0.2) is 69.6 Å². The topological polar surface area (TPSA) is 88.6 Å². The Morgan fingerprint density at radius 3 is 2.20 bits per heavy atom. The van der Waals surface area contributed by atoms with Gasteiger partial charge in [0.2, 0.25) is 20.7 Å². The van der Waals surface area contributed by atoms with E-state index >= 15 is 0 Å². The number of esters is 1. The first kappa shape index (κ1) is 43.6. The van der Waals surface area contributed by atoms with Crippen molar-refractivity contribution in [3.05, 3.63) is 97.2 Å². The van der Waals surface area contributed by atoms with Crippen molar-refractivity contribution in [2.24, 2.45) is 0 Å². The third-order valence-corrected chi connectivity index (χ3v) is 21.5. The van der Waals surface area contributed by atoms with Crippen molar-refractivity contribution in [2.45, 2.75) is 36.9 Å². The lowest BCUT2D eigenvalue weighted by molar-refractivity contribution is -0.0327. The SMILES string of the molecule is COC(=O)c1ccc(-c2cccc(Br)c2)c(Cl)c1.O=S(=O)(Cl)C1CCC(F)(F)CC1.PPP(P)P.[C-]#[N+]c1cccc(C#N)c1Br. The molecule has 1 fully saturated rings. The molecule has 248 valence electrons. The second-order valence-electron chi connectivity index (χ2n) is 9.13. The van der Waals surface area contributed by atoms with E-state index in [-0.39, 0.29) is 32.7 Å². The maximum Gasteiger partial charge on any atom is 0.337 e. The number of nitriles is 1. The minimum Gasteiger partial charge on any atom is -0.465 e. The Bertz CT molecular complexity index is 1640. The van der Waals surface area contributed by atoms with Crippen LogP contribution < -0.4 is 0 Å². The van der Waals surface area contributed by atoms with Gasteiger partial charge in [0.25, 0.3) is 0 Å². The van der Waals surface area contributed by atoms with Gasteiger partial charge in [0.05, 0.1) is 36.1 Å². The van der Waals surface area contributed by atoms with E-state index in [0.717, 1.165) is 23.6 Å². The molecule has 18 heteroatoms. The fraction of sp³-hybridized carbons (Fsp3) is 0.250. The number of benzene rings is 3. The molecule has 1 aliphatic carbocycles. The van der Waals surface area contributed by atoms with Crippen LogP contribution in [0.4, 0.5) is 14.5 Å². The van der Waals surface area contributed by atoms with Gasteiger partial charge >= 0.3 is 5.97 Å². The third kappa shape index (κ3) is 15.9. The molecule has 0 radical (unpaired) electrons. The third-order valence-electron chi connectivity index (χ3n) is 5.96. The maximum absolute atomic E-state index is 12.5. The first-order chi connectivity index (χ1) is 21.5. The molecule has 0 N–H and O–H groups in total. The molecule has 4 rings (SSSR count). The average molecular weight is 913 g/mol. The lowest BCUT2D eigenvalue weighted by Gasteiger charge is -2.25. The minimum absolute atomic E-state index is 0.0289. The zero-order valence-corrected chi connectivity index (χ0v) is 34.9. The number of halogens is 6. The number of hydrogen-bond donors (Lipinski definition) is 0. The van der Waals surface area contributed by atoms with Crippen LogP contribution in [0.1, 0.15) is 41.6 Å². The van der Waals surface area contributed by atoms with Gasteiger partial charge in [-0.05, 0) is 55.7 Å². The maximum atomic E-state index is 12.5. The molecule has 0 spiro atoms. The van der Waals surface area contributed by atoms with Crippen LogP contribution in [0, 0.1) is 17.9 Å². The highest BCUT2D eigenvalue weighted by molar-refractivity contribution is 9.11. The lowest BCUT2D eigenvalue weighted by atomic mass is 9.96. The van der Waals surface area contributed by atoms with Gasteiger partial charge in [-0.1, -0.05) is 81.8 Å². The minimum atomic E-state index is -3.64. The summed E-state index contributed by atoms with van der Waals surface area (Å²) in [5.74, 6) is -3.09. The largest absolute Gasteiger partial charge is 0.465 e. The molecule has 6 nitrogen and oxygen atoms in total. The summed E-state index contributed by atoms with van der Waals surface area (Å²) in [5.41, 5.74) is 3.29. The van der Waals surface area contributed by atoms with Crippen molar-refractivity contribution in [1.82, 2.24) is 0 Å². The molecule has 0 saturated heterocycles. The molecule has 4 atom stereocenters. The number of hydrogen-bond acceptors (Lipinski definition) is 5. The molecule has 1 aliphatic rings. The number of rotatable bonds is 4. The molecule has 46 heavy (non-hydrogen) atoms. The van der Waals surface area contributed by atoms with E-state index in [1.54, 1.807) is 30.3 Å². The first-order valence-corrected chi connectivity index (χ1v) is 25.3. The predicted octanol–water partition coefficient (Wildman–Crippen LogP) is 12.0. The zero-order chi connectivity index (χ0) is 35.1. The van der Waals surface area contributed by atoms with Crippen LogP contribution in [0.25, 0.3) is 16.0 Å². The van der Waals surface area contributed by atoms with Gasteiger partial charge in [-0.3, -0.25) is 0 Å². The van der Waals surface area contributed by atoms with Crippen LogP contribution in [0.3, 0.4) is 0 Å². The molecule has 3 aromatic carbocycles. The van der Waals surface area contributed by atoms with Crippen LogP contribution in [-0.4, -0.2) is 32.7 Å². The molecule has 0 aromatic heterocycles. The van der Waals surface area contributed by atoms with Gasteiger partial charge in [0, 0.05) is 43.1 Å². The molecule has 0 aliphatic heterocycles. The summed E-state index contributed by atoms with van der Waals surface area (Å²) >= 11 is 12.8. The van der Waals surface area contributed by atoms with E-state index in [4.69, 9.17) is 34.1 Å². The lowest BCUT2D eigenvalue weighted by Crippen LogP contribution is -2.30. The van der Waals surface area contributed by atoms with Crippen molar-refractivity contribution >= 4 is 117 Å². The fourth-order valence-electron chi connectivity index (χ4n) is 3.64. The molecular formula is C28H29Br2Cl2F2N2O4P5S. The number of carbonyl (C=O) groups excluding carboxylic acids is 1. The van der Waals surface area contributed by atoms with E-state index in [0.29, 0.717) is 26.3 Å². The Morgan fingerprint density at radius 2 is 1.74 bits per heavy atom. The van der Waals surface area contributed by atoms with Gasteiger partial charge in [0.15, 0.2) is 0 Å². The first-order valence-electron chi connectivity index (χ1n) is 12.8.